The Morgan fingerprint density at radius 1 is 0.938 bits per heavy atom. The molecular formula is C14H12NY-. The Kier molecular flexibility index (Phi) is 3.09. The fourth-order valence-electron chi connectivity index (χ4n) is 2.17. The Morgan fingerprint density at radius 2 is 1.62 bits per heavy atom. The van der Waals surface area contributed by atoms with E-state index in [0.717, 1.165) is 0 Å². The Balaban J connectivity index is 0.000000963. The van der Waals surface area contributed by atoms with Crippen molar-refractivity contribution < 1.29 is 32.7 Å². The van der Waals surface area contributed by atoms with Gasteiger partial charge in [-0.3, -0.25) is 0 Å². The van der Waals surface area contributed by atoms with Gasteiger partial charge >= 0.3 is 0 Å². The normalized spacial score (nSPS) is 10.6. The number of rotatable bonds is 0. The molecule has 2 aromatic carbocycles. The Hall–Kier alpha value is -0.786. The maximum Gasteiger partial charge on any atom is 0 e. The van der Waals surface area contributed by atoms with E-state index in [1.165, 1.54) is 27.4 Å². The molecule has 2 heteroatoms. The SMILES string of the molecule is [CH2-]n1c2ccccc2c2cc(C)ccc21.[Y]. The van der Waals surface area contributed by atoms with Gasteiger partial charge in [0.05, 0.1) is 0 Å². The van der Waals surface area contributed by atoms with Gasteiger partial charge in [0.25, 0.3) is 0 Å². The maximum absolute atomic E-state index is 4.08. The van der Waals surface area contributed by atoms with Gasteiger partial charge in [-0.2, -0.15) is 0 Å². The molecule has 1 heterocycles. The summed E-state index contributed by atoms with van der Waals surface area (Å²) in [5.74, 6) is 0. The van der Waals surface area contributed by atoms with Crippen LogP contribution in [0.15, 0.2) is 42.5 Å². The summed E-state index contributed by atoms with van der Waals surface area (Å²) in [5, 5.41) is 2.58. The largest absolute Gasteiger partial charge is 0.481 e. The van der Waals surface area contributed by atoms with Crippen LogP contribution in [-0.2, 0) is 32.7 Å². The first-order valence-electron chi connectivity index (χ1n) is 5.08. The number of nitrogens with zero attached hydrogens (tertiary/aromatic N) is 1. The second-order valence-corrected chi connectivity index (χ2v) is 3.97. The molecule has 0 fully saturated rings. The van der Waals surface area contributed by atoms with E-state index >= 15 is 0 Å². The van der Waals surface area contributed by atoms with Crippen molar-refractivity contribution in [3.63, 3.8) is 0 Å². The van der Waals surface area contributed by atoms with Crippen molar-refractivity contribution in [1.82, 2.24) is 4.57 Å². The van der Waals surface area contributed by atoms with Gasteiger partial charge < -0.3 is 4.57 Å². The number of aryl methyl sites for hydroxylation is 1. The van der Waals surface area contributed by atoms with Crippen molar-refractivity contribution in [3.8, 4) is 0 Å². The summed E-state index contributed by atoms with van der Waals surface area (Å²) in [4.78, 5) is 0. The summed E-state index contributed by atoms with van der Waals surface area (Å²) in [6, 6.07) is 14.9. The fourth-order valence-corrected chi connectivity index (χ4v) is 2.17. The smallest absolute Gasteiger partial charge is 0 e. The van der Waals surface area contributed by atoms with Gasteiger partial charge in [-0.05, 0) is 6.92 Å². The average molecular weight is 283 g/mol. The molecule has 0 spiro atoms. The third kappa shape index (κ3) is 1.59. The first-order chi connectivity index (χ1) is 7.27. The minimum absolute atomic E-state index is 0. The van der Waals surface area contributed by atoms with Crippen LogP contribution in [0.25, 0.3) is 21.8 Å². The average Bonchev–Trinajstić information content (AvgIpc) is 2.54. The number of benzene rings is 2. The number of hydrogen-bond acceptors (Lipinski definition) is 0. The van der Waals surface area contributed by atoms with E-state index < -0.39 is 0 Å². The summed E-state index contributed by atoms with van der Waals surface area (Å²) in [6.45, 7) is 2.12. The zero-order chi connectivity index (χ0) is 10.4. The van der Waals surface area contributed by atoms with Crippen LogP contribution in [0.4, 0.5) is 0 Å². The molecule has 1 aromatic heterocycles. The third-order valence-corrected chi connectivity index (χ3v) is 2.93. The molecule has 1 radical (unpaired) electrons. The molecule has 3 aromatic rings. The molecule has 0 unspecified atom stereocenters. The first kappa shape index (κ1) is 11.7. The summed E-state index contributed by atoms with van der Waals surface area (Å²) in [6.07, 6.45) is 0. The van der Waals surface area contributed by atoms with Gasteiger partial charge in [0.2, 0.25) is 0 Å². The van der Waals surface area contributed by atoms with E-state index in [2.05, 4.69) is 56.4 Å². The Labute approximate surface area is 120 Å². The molecule has 0 aliphatic heterocycles. The minimum Gasteiger partial charge on any atom is -0.481 e. The van der Waals surface area contributed by atoms with Gasteiger partial charge in [-0.1, -0.05) is 69.8 Å². The van der Waals surface area contributed by atoms with Crippen molar-refractivity contribution in [2.75, 3.05) is 0 Å². The third-order valence-electron chi connectivity index (χ3n) is 2.93. The molecule has 1 nitrogen and oxygen atoms in total. The molecule has 0 saturated heterocycles. The van der Waals surface area contributed by atoms with Gasteiger partial charge in [0, 0.05) is 32.7 Å². The number of hydrogen-bond donors (Lipinski definition) is 0. The number of aromatic nitrogens is 1. The second-order valence-electron chi connectivity index (χ2n) is 3.97. The molecular weight excluding hydrogens is 271 g/mol. The summed E-state index contributed by atoms with van der Waals surface area (Å²) in [5.41, 5.74) is 3.68. The fraction of sp³-hybridized carbons (Fsp3) is 0.0714. The summed E-state index contributed by atoms with van der Waals surface area (Å²) in [7, 11) is 4.08. The monoisotopic (exact) mass is 283 g/mol. The van der Waals surface area contributed by atoms with Gasteiger partial charge in [-0.25, -0.2) is 0 Å². The van der Waals surface area contributed by atoms with E-state index in [1.54, 1.807) is 0 Å². The molecule has 0 amide bonds. The zero-order valence-corrected chi connectivity index (χ0v) is 12.1. The molecule has 3 rings (SSSR count). The topological polar surface area (TPSA) is 4.93 Å². The van der Waals surface area contributed by atoms with Gasteiger partial charge in [-0.15, -0.1) is 7.05 Å². The molecule has 0 aliphatic carbocycles. The van der Waals surface area contributed by atoms with Crippen LogP contribution in [0.5, 0.6) is 0 Å². The van der Waals surface area contributed by atoms with Crippen LogP contribution in [0.3, 0.4) is 0 Å². The van der Waals surface area contributed by atoms with Crippen LogP contribution in [0, 0.1) is 14.0 Å². The van der Waals surface area contributed by atoms with Gasteiger partial charge in [0.15, 0.2) is 0 Å². The van der Waals surface area contributed by atoms with E-state index in [4.69, 9.17) is 0 Å². The summed E-state index contributed by atoms with van der Waals surface area (Å²) >= 11 is 0. The molecule has 16 heavy (non-hydrogen) atoms. The molecule has 77 valence electrons. The molecule has 0 atom stereocenters. The Bertz CT molecular complexity index is 652. The number of para-hydroxylation sites is 1. The zero-order valence-electron chi connectivity index (χ0n) is 9.27. The van der Waals surface area contributed by atoms with Crippen molar-refractivity contribution in [1.29, 1.82) is 0 Å². The van der Waals surface area contributed by atoms with Crippen LogP contribution < -0.4 is 0 Å². The van der Waals surface area contributed by atoms with E-state index in [-0.39, 0.29) is 32.7 Å². The predicted molar refractivity (Wildman–Crippen MR) is 64.9 cm³/mol. The van der Waals surface area contributed by atoms with Crippen molar-refractivity contribution >= 4 is 21.8 Å². The van der Waals surface area contributed by atoms with Crippen LogP contribution in [-0.4, -0.2) is 4.57 Å². The Morgan fingerprint density at radius 3 is 2.44 bits per heavy atom. The van der Waals surface area contributed by atoms with Crippen molar-refractivity contribution in [2.45, 2.75) is 6.92 Å². The van der Waals surface area contributed by atoms with E-state index in [9.17, 15) is 0 Å². The van der Waals surface area contributed by atoms with Crippen molar-refractivity contribution in [3.05, 3.63) is 55.1 Å². The quantitative estimate of drug-likeness (QED) is 0.554. The first-order valence-corrected chi connectivity index (χ1v) is 5.08. The van der Waals surface area contributed by atoms with Crippen LogP contribution in [0.1, 0.15) is 5.56 Å². The number of fused-ring (bicyclic) bond motifs is 3. The standard InChI is InChI=1S/C14H12N.Y/c1-10-7-8-14-12(9-10)11-5-3-4-6-13(11)15(14)2;/h3-9H,2H2,1H3;/q-1;. The van der Waals surface area contributed by atoms with Crippen LogP contribution >= 0.6 is 0 Å². The molecule has 0 N–H and O–H groups in total. The molecule has 0 saturated carbocycles. The van der Waals surface area contributed by atoms with E-state index in [1.807, 2.05) is 4.57 Å². The van der Waals surface area contributed by atoms with Crippen molar-refractivity contribution in [2.24, 2.45) is 0 Å². The predicted octanol–water partition coefficient (Wildman–Crippen LogP) is 3.74. The molecule has 0 bridgehead atoms. The minimum atomic E-state index is 0. The maximum atomic E-state index is 4.08. The summed E-state index contributed by atoms with van der Waals surface area (Å²) < 4.78 is 2.00. The molecule has 0 aliphatic rings. The van der Waals surface area contributed by atoms with Crippen LogP contribution in [0.2, 0.25) is 0 Å². The van der Waals surface area contributed by atoms with E-state index in [0.29, 0.717) is 0 Å². The van der Waals surface area contributed by atoms with Gasteiger partial charge in [0.1, 0.15) is 0 Å². The second kappa shape index (κ2) is 4.23.